The Morgan fingerprint density at radius 3 is 2.68 bits per heavy atom. The monoisotopic (exact) mass is 283 g/mol. The highest BCUT2D eigenvalue weighted by molar-refractivity contribution is 7.92. The van der Waals surface area contributed by atoms with Gasteiger partial charge in [-0.2, -0.15) is 13.5 Å². The van der Waals surface area contributed by atoms with E-state index >= 15 is 0 Å². The summed E-state index contributed by atoms with van der Waals surface area (Å²) in [5.41, 5.74) is 0.331. The summed E-state index contributed by atoms with van der Waals surface area (Å²) < 4.78 is 32.7. The fourth-order valence-electron chi connectivity index (χ4n) is 1.42. The quantitative estimate of drug-likeness (QED) is 0.842. The zero-order valence-electron chi connectivity index (χ0n) is 10.4. The van der Waals surface area contributed by atoms with Gasteiger partial charge in [0.1, 0.15) is 0 Å². The van der Waals surface area contributed by atoms with Crippen molar-refractivity contribution in [1.82, 2.24) is 9.78 Å². The van der Waals surface area contributed by atoms with Gasteiger partial charge >= 0.3 is 0 Å². The van der Waals surface area contributed by atoms with Crippen molar-refractivity contribution >= 4 is 22.0 Å². The lowest BCUT2D eigenvalue weighted by Crippen LogP contribution is -2.11. The summed E-state index contributed by atoms with van der Waals surface area (Å²) in [5.74, 6) is -0.0433. The molecule has 2 aromatic rings. The molecule has 0 saturated carbocycles. The smallest absolute Gasteiger partial charge is 0.295 e. The maximum atomic E-state index is 12.0. The average molecular weight is 283 g/mol. The summed E-state index contributed by atoms with van der Waals surface area (Å²) in [6, 6.07) is 2.64. The molecule has 0 bridgehead atoms. The number of nitrogens with zero attached hydrogens (tertiary/aromatic N) is 2. The van der Waals surface area contributed by atoms with Crippen LogP contribution in [0.15, 0.2) is 34.0 Å². The number of furan rings is 1. The fraction of sp³-hybridized carbons (Fsp3) is 0.273. The molecule has 2 aromatic heterocycles. The number of anilines is 1. The molecule has 2 rings (SSSR count). The van der Waals surface area contributed by atoms with E-state index in [0.29, 0.717) is 12.0 Å². The number of carbonyl (C=O) groups excluding carboxylic acids is 1. The van der Waals surface area contributed by atoms with Gasteiger partial charge < -0.3 is 4.42 Å². The van der Waals surface area contributed by atoms with Crippen LogP contribution in [0, 0.1) is 0 Å². The summed E-state index contributed by atoms with van der Waals surface area (Å²) in [5, 5.41) is 3.70. The lowest BCUT2D eigenvalue weighted by molar-refractivity contribution is 0.109. The lowest BCUT2D eigenvalue weighted by Gasteiger charge is -2.04. The van der Waals surface area contributed by atoms with E-state index < -0.39 is 10.0 Å². The molecule has 1 N–H and O–H groups in total. The molecule has 0 spiro atoms. The van der Waals surface area contributed by atoms with Crippen molar-refractivity contribution in [3.63, 3.8) is 0 Å². The first-order valence-corrected chi connectivity index (χ1v) is 7.02. The van der Waals surface area contributed by atoms with Crippen molar-refractivity contribution in [2.24, 2.45) is 0 Å². The molecule has 0 aliphatic rings. The second-order valence-electron chi connectivity index (χ2n) is 4.18. The molecule has 102 valence electrons. The molecule has 8 heteroatoms. The third kappa shape index (κ3) is 2.84. The van der Waals surface area contributed by atoms with Gasteiger partial charge in [-0.05, 0) is 26.0 Å². The van der Waals surface area contributed by atoms with Crippen LogP contribution < -0.4 is 4.72 Å². The van der Waals surface area contributed by atoms with Gasteiger partial charge in [0, 0.05) is 12.2 Å². The van der Waals surface area contributed by atoms with Gasteiger partial charge in [0.05, 0.1) is 11.9 Å². The van der Waals surface area contributed by atoms with Gasteiger partial charge in [-0.25, -0.2) is 0 Å². The molecular formula is C11H13N3O4S. The van der Waals surface area contributed by atoms with Crippen LogP contribution in [0.4, 0.5) is 5.69 Å². The van der Waals surface area contributed by atoms with Gasteiger partial charge in [-0.15, -0.1) is 0 Å². The van der Waals surface area contributed by atoms with E-state index in [9.17, 15) is 13.2 Å². The SMILES string of the molecule is CC(C)n1cc(NS(=O)(=O)c2ccc(C=O)o2)cn1. The second-order valence-corrected chi connectivity index (χ2v) is 5.80. The first kappa shape index (κ1) is 13.3. The van der Waals surface area contributed by atoms with Crippen LogP contribution in [-0.4, -0.2) is 24.5 Å². The minimum atomic E-state index is -3.84. The first-order valence-electron chi connectivity index (χ1n) is 5.54. The Hall–Kier alpha value is -2.09. The van der Waals surface area contributed by atoms with E-state index in [1.165, 1.54) is 18.3 Å². The number of carbonyl (C=O) groups is 1. The Labute approximate surface area is 110 Å². The molecular weight excluding hydrogens is 270 g/mol. The van der Waals surface area contributed by atoms with Gasteiger partial charge in [0.2, 0.25) is 5.09 Å². The molecule has 0 fully saturated rings. The molecule has 7 nitrogen and oxygen atoms in total. The Bertz CT molecular complexity index is 684. The second kappa shape index (κ2) is 4.88. The Morgan fingerprint density at radius 2 is 2.16 bits per heavy atom. The zero-order valence-corrected chi connectivity index (χ0v) is 11.2. The Morgan fingerprint density at radius 1 is 1.42 bits per heavy atom. The summed E-state index contributed by atoms with van der Waals surface area (Å²) in [6.07, 6.45) is 3.42. The molecule has 0 radical (unpaired) electrons. The maximum Gasteiger partial charge on any atom is 0.295 e. The number of aldehydes is 1. The fourth-order valence-corrected chi connectivity index (χ4v) is 2.39. The molecule has 19 heavy (non-hydrogen) atoms. The van der Waals surface area contributed by atoms with Crippen molar-refractivity contribution in [1.29, 1.82) is 0 Å². The summed E-state index contributed by atoms with van der Waals surface area (Å²) >= 11 is 0. The van der Waals surface area contributed by atoms with E-state index in [1.807, 2.05) is 13.8 Å². The average Bonchev–Trinajstić information content (AvgIpc) is 2.96. The molecule has 0 aliphatic carbocycles. The van der Waals surface area contributed by atoms with Crippen molar-refractivity contribution in [3.05, 3.63) is 30.3 Å². The van der Waals surface area contributed by atoms with Crippen LogP contribution >= 0.6 is 0 Å². The van der Waals surface area contributed by atoms with Crippen LogP contribution in [0.1, 0.15) is 30.4 Å². The van der Waals surface area contributed by atoms with E-state index in [4.69, 9.17) is 4.42 Å². The molecule has 0 saturated heterocycles. The van der Waals surface area contributed by atoms with Crippen molar-refractivity contribution < 1.29 is 17.6 Å². The number of sulfonamides is 1. The minimum absolute atomic E-state index is 0.0433. The number of aromatic nitrogens is 2. The topological polar surface area (TPSA) is 94.2 Å². The maximum absolute atomic E-state index is 12.0. The van der Waals surface area contributed by atoms with E-state index in [1.54, 1.807) is 10.9 Å². The van der Waals surface area contributed by atoms with Crippen molar-refractivity contribution in [3.8, 4) is 0 Å². The van der Waals surface area contributed by atoms with Gasteiger partial charge in [-0.1, -0.05) is 0 Å². The number of nitrogens with one attached hydrogen (secondary N) is 1. The van der Waals surface area contributed by atoms with Crippen LogP contribution in [0.3, 0.4) is 0 Å². The number of hydrogen-bond acceptors (Lipinski definition) is 5. The van der Waals surface area contributed by atoms with E-state index in [-0.39, 0.29) is 16.9 Å². The first-order chi connectivity index (χ1) is 8.92. The highest BCUT2D eigenvalue weighted by Gasteiger charge is 2.19. The van der Waals surface area contributed by atoms with Crippen LogP contribution in [-0.2, 0) is 10.0 Å². The molecule has 2 heterocycles. The summed E-state index contributed by atoms with van der Waals surface area (Å²) in [6.45, 7) is 3.85. The lowest BCUT2D eigenvalue weighted by atomic mass is 10.4. The number of rotatable bonds is 5. The third-order valence-corrected chi connectivity index (χ3v) is 3.62. The predicted molar refractivity (Wildman–Crippen MR) is 67.5 cm³/mol. The summed E-state index contributed by atoms with van der Waals surface area (Å²) in [7, 11) is -3.84. The molecule has 0 unspecified atom stereocenters. The standard InChI is InChI=1S/C11H13N3O4S/c1-8(2)14-6-9(5-12-14)13-19(16,17)11-4-3-10(7-15)18-11/h3-8,13H,1-2H3. The Kier molecular flexibility index (Phi) is 3.43. The van der Waals surface area contributed by atoms with E-state index in [0.717, 1.165) is 0 Å². The zero-order chi connectivity index (χ0) is 14.0. The number of hydrogen-bond donors (Lipinski definition) is 1. The highest BCUT2D eigenvalue weighted by atomic mass is 32.2. The van der Waals surface area contributed by atoms with E-state index in [2.05, 4.69) is 9.82 Å². The van der Waals surface area contributed by atoms with Crippen LogP contribution in [0.25, 0.3) is 0 Å². The van der Waals surface area contributed by atoms with Gasteiger partial charge in [-0.3, -0.25) is 14.2 Å². The van der Waals surface area contributed by atoms with Crippen molar-refractivity contribution in [2.45, 2.75) is 25.0 Å². The largest absolute Gasteiger partial charge is 0.440 e. The molecule has 0 aromatic carbocycles. The minimum Gasteiger partial charge on any atom is -0.440 e. The van der Waals surface area contributed by atoms with Crippen LogP contribution in [0.5, 0.6) is 0 Å². The Balaban J connectivity index is 2.22. The van der Waals surface area contributed by atoms with Gasteiger partial charge in [0.25, 0.3) is 10.0 Å². The normalized spacial score (nSPS) is 11.7. The molecule has 0 aliphatic heterocycles. The molecule has 0 amide bonds. The van der Waals surface area contributed by atoms with Crippen LogP contribution in [0.2, 0.25) is 0 Å². The van der Waals surface area contributed by atoms with Crippen molar-refractivity contribution in [2.75, 3.05) is 4.72 Å². The predicted octanol–water partition coefficient (Wildman–Crippen LogP) is 1.67. The third-order valence-electron chi connectivity index (χ3n) is 2.37. The summed E-state index contributed by atoms with van der Waals surface area (Å²) in [4.78, 5) is 10.5. The van der Waals surface area contributed by atoms with Gasteiger partial charge in [0.15, 0.2) is 12.0 Å². The molecule has 0 atom stereocenters. The highest BCUT2D eigenvalue weighted by Crippen LogP contribution is 2.18.